The fourth-order valence-electron chi connectivity index (χ4n) is 3.24. The Balaban J connectivity index is 2.19. The first-order valence-corrected chi connectivity index (χ1v) is 7.81. The topological polar surface area (TPSA) is 48.0 Å². The Hall–Kier alpha value is -3.33. The Bertz CT molecular complexity index is 1020. The minimum absolute atomic E-state index is 0.479. The van der Waals surface area contributed by atoms with Gasteiger partial charge >= 0.3 is 6.03 Å². The SMILES string of the molecule is NC(=O)n1c(-c2ccccc2)c(-c2ccccc2)c2ccccc21. The molecule has 0 aliphatic carbocycles. The molecular weight excluding hydrogens is 296 g/mol. The highest BCUT2D eigenvalue weighted by molar-refractivity contribution is 6.09. The molecular formula is C21H16N2O. The molecule has 1 heterocycles. The van der Waals surface area contributed by atoms with E-state index in [2.05, 4.69) is 12.1 Å². The number of aromatic nitrogens is 1. The Morgan fingerprint density at radius 3 is 1.88 bits per heavy atom. The quantitative estimate of drug-likeness (QED) is 0.562. The van der Waals surface area contributed by atoms with Crippen molar-refractivity contribution in [2.75, 3.05) is 0 Å². The minimum Gasteiger partial charge on any atom is -0.351 e. The van der Waals surface area contributed by atoms with Crippen molar-refractivity contribution in [1.29, 1.82) is 0 Å². The fraction of sp³-hybridized carbons (Fsp3) is 0. The second-order valence-corrected chi connectivity index (χ2v) is 5.65. The average Bonchev–Trinajstić information content (AvgIpc) is 2.98. The Morgan fingerprint density at radius 1 is 0.708 bits per heavy atom. The molecule has 24 heavy (non-hydrogen) atoms. The molecule has 0 aliphatic heterocycles. The van der Waals surface area contributed by atoms with E-state index in [-0.39, 0.29) is 0 Å². The minimum atomic E-state index is -0.479. The van der Waals surface area contributed by atoms with Crippen molar-refractivity contribution in [3.8, 4) is 22.4 Å². The highest BCUT2D eigenvalue weighted by Gasteiger charge is 2.21. The molecule has 0 fully saturated rings. The molecule has 0 radical (unpaired) electrons. The number of nitrogens with zero attached hydrogens (tertiary/aromatic N) is 1. The van der Waals surface area contributed by atoms with Crippen LogP contribution in [0.3, 0.4) is 0 Å². The summed E-state index contributed by atoms with van der Waals surface area (Å²) in [7, 11) is 0. The maximum atomic E-state index is 12.2. The zero-order chi connectivity index (χ0) is 16.5. The molecule has 1 amide bonds. The molecule has 0 unspecified atom stereocenters. The van der Waals surface area contributed by atoms with Gasteiger partial charge in [-0.05, 0) is 17.2 Å². The van der Waals surface area contributed by atoms with Crippen molar-refractivity contribution in [3.63, 3.8) is 0 Å². The Kier molecular flexibility index (Phi) is 3.39. The molecule has 3 nitrogen and oxygen atoms in total. The first kappa shape index (κ1) is 14.3. The third kappa shape index (κ3) is 2.18. The molecule has 2 N–H and O–H groups in total. The van der Waals surface area contributed by atoms with E-state index in [1.54, 1.807) is 4.57 Å². The molecule has 0 spiro atoms. The van der Waals surface area contributed by atoms with Crippen LogP contribution in [0.1, 0.15) is 0 Å². The van der Waals surface area contributed by atoms with Crippen molar-refractivity contribution in [2.24, 2.45) is 5.73 Å². The molecule has 3 heteroatoms. The normalized spacial score (nSPS) is 10.8. The van der Waals surface area contributed by atoms with Gasteiger partial charge in [-0.3, -0.25) is 4.57 Å². The fourth-order valence-corrected chi connectivity index (χ4v) is 3.24. The van der Waals surface area contributed by atoms with Gasteiger partial charge in [0, 0.05) is 10.9 Å². The van der Waals surface area contributed by atoms with E-state index in [4.69, 9.17) is 5.73 Å². The van der Waals surface area contributed by atoms with Gasteiger partial charge in [0.2, 0.25) is 0 Å². The van der Waals surface area contributed by atoms with Gasteiger partial charge in [0.25, 0.3) is 0 Å². The van der Waals surface area contributed by atoms with Crippen LogP contribution in [0.2, 0.25) is 0 Å². The van der Waals surface area contributed by atoms with E-state index >= 15 is 0 Å². The summed E-state index contributed by atoms with van der Waals surface area (Å²) in [5.74, 6) is 0. The van der Waals surface area contributed by atoms with Crippen LogP contribution in [0.15, 0.2) is 84.9 Å². The number of rotatable bonds is 2. The number of carbonyl (C=O) groups is 1. The van der Waals surface area contributed by atoms with Crippen molar-refractivity contribution < 1.29 is 4.79 Å². The summed E-state index contributed by atoms with van der Waals surface area (Å²) < 4.78 is 1.60. The first-order valence-electron chi connectivity index (χ1n) is 7.81. The van der Waals surface area contributed by atoms with Gasteiger partial charge in [-0.1, -0.05) is 78.9 Å². The van der Waals surface area contributed by atoms with E-state index in [9.17, 15) is 4.79 Å². The summed E-state index contributed by atoms with van der Waals surface area (Å²) in [6, 6.07) is 27.4. The van der Waals surface area contributed by atoms with Crippen LogP contribution in [-0.4, -0.2) is 10.6 Å². The zero-order valence-electron chi connectivity index (χ0n) is 13.0. The predicted molar refractivity (Wildman–Crippen MR) is 97.8 cm³/mol. The van der Waals surface area contributed by atoms with Crippen molar-refractivity contribution in [3.05, 3.63) is 84.9 Å². The van der Waals surface area contributed by atoms with Gasteiger partial charge in [-0.15, -0.1) is 0 Å². The molecule has 3 aromatic carbocycles. The number of carbonyl (C=O) groups excluding carboxylic acids is 1. The lowest BCUT2D eigenvalue weighted by molar-refractivity contribution is 0.251. The molecule has 4 rings (SSSR count). The van der Waals surface area contributed by atoms with Crippen LogP contribution in [0.4, 0.5) is 4.79 Å². The molecule has 116 valence electrons. The third-order valence-corrected chi connectivity index (χ3v) is 4.20. The van der Waals surface area contributed by atoms with Gasteiger partial charge in [0.15, 0.2) is 0 Å². The van der Waals surface area contributed by atoms with Crippen LogP contribution in [0.5, 0.6) is 0 Å². The van der Waals surface area contributed by atoms with Gasteiger partial charge < -0.3 is 5.73 Å². The highest BCUT2D eigenvalue weighted by atomic mass is 16.2. The number of hydrogen-bond acceptors (Lipinski definition) is 1. The van der Waals surface area contributed by atoms with E-state index in [1.807, 2.05) is 72.8 Å². The summed E-state index contributed by atoms with van der Waals surface area (Å²) in [6.45, 7) is 0. The summed E-state index contributed by atoms with van der Waals surface area (Å²) in [5, 5.41) is 1.02. The number of primary amides is 1. The molecule has 4 aromatic rings. The van der Waals surface area contributed by atoms with Crippen LogP contribution in [0, 0.1) is 0 Å². The number of nitrogens with two attached hydrogens (primary N) is 1. The molecule has 0 saturated carbocycles. The van der Waals surface area contributed by atoms with Crippen molar-refractivity contribution in [2.45, 2.75) is 0 Å². The van der Waals surface area contributed by atoms with Gasteiger partial charge in [-0.25, -0.2) is 4.79 Å². The summed E-state index contributed by atoms with van der Waals surface area (Å²) in [4.78, 5) is 12.2. The molecule has 1 aromatic heterocycles. The first-order chi connectivity index (χ1) is 11.8. The van der Waals surface area contributed by atoms with Gasteiger partial charge in [0.1, 0.15) is 0 Å². The number of hydrogen-bond donors (Lipinski definition) is 1. The Labute approximate surface area is 140 Å². The maximum Gasteiger partial charge on any atom is 0.323 e. The smallest absolute Gasteiger partial charge is 0.323 e. The van der Waals surface area contributed by atoms with E-state index < -0.39 is 6.03 Å². The summed E-state index contributed by atoms with van der Waals surface area (Å²) in [6.07, 6.45) is 0. The maximum absolute atomic E-state index is 12.2. The third-order valence-electron chi connectivity index (χ3n) is 4.20. The van der Waals surface area contributed by atoms with E-state index in [1.165, 1.54) is 0 Å². The lowest BCUT2D eigenvalue weighted by Gasteiger charge is -2.09. The van der Waals surface area contributed by atoms with Crippen LogP contribution in [0.25, 0.3) is 33.3 Å². The number of benzene rings is 3. The van der Waals surface area contributed by atoms with Crippen LogP contribution >= 0.6 is 0 Å². The lowest BCUT2D eigenvalue weighted by atomic mass is 9.98. The van der Waals surface area contributed by atoms with Crippen LogP contribution in [-0.2, 0) is 0 Å². The number of fused-ring (bicyclic) bond motifs is 1. The highest BCUT2D eigenvalue weighted by Crippen LogP contribution is 2.40. The lowest BCUT2D eigenvalue weighted by Crippen LogP contribution is -2.20. The van der Waals surface area contributed by atoms with E-state index in [0.717, 1.165) is 33.3 Å². The predicted octanol–water partition coefficient (Wildman–Crippen LogP) is 4.90. The number of amides is 1. The van der Waals surface area contributed by atoms with Crippen molar-refractivity contribution in [1.82, 2.24) is 4.57 Å². The molecule has 0 saturated heterocycles. The summed E-state index contributed by atoms with van der Waals surface area (Å²) >= 11 is 0. The molecule has 0 atom stereocenters. The van der Waals surface area contributed by atoms with Gasteiger partial charge in [0.05, 0.1) is 11.2 Å². The van der Waals surface area contributed by atoms with Gasteiger partial charge in [-0.2, -0.15) is 0 Å². The molecule has 0 aliphatic rings. The summed E-state index contributed by atoms with van der Waals surface area (Å²) in [5.41, 5.74) is 10.4. The second kappa shape index (κ2) is 5.70. The van der Waals surface area contributed by atoms with Crippen molar-refractivity contribution >= 4 is 16.9 Å². The zero-order valence-corrected chi connectivity index (χ0v) is 13.0. The second-order valence-electron chi connectivity index (χ2n) is 5.65. The number of para-hydroxylation sites is 1. The van der Waals surface area contributed by atoms with Crippen LogP contribution < -0.4 is 5.73 Å². The Morgan fingerprint density at radius 2 is 1.25 bits per heavy atom. The largest absolute Gasteiger partial charge is 0.351 e. The molecule has 0 bridgehead atoms. The van der Waals surface area contributed by atoms with E-state index in [0.29, 0.717) is 0 Å². The standard InChI is InChI=1S/C21H16N2O/c22-21(24)23-18-14-8-7-13-17(18)19(15-9-3-1-4-10-15)20(23)16-11-5-2-6-12-16/h1-14H,(H2,22,24). The monoisotopic (exact) mass is 312 g/mol. The average molecular weight is 312 g/mol.